The lowest BCUT2D eigenvalue weighted by Crippen LogP contribution is -1.83. The van der Waals surface area contributed by atoms with Crippen LogP contribution in [0.5, 0.6) is 0 Å². The summed E-state index contributed by atoms with van der Waals surface area (Å²) in [5, 5.41) is 0. The molecule has 0 aromatic carbocycles. The lowest BCUT2D eigenvalue weighted by molar-refractivity contribution is -0.116. The third-order valence-electron chi connectivity index (χ3n) is 1.98. The van der Waals surface area contributed by atoms with E-state index in [0.717, 1.165) is 12.3 Å². The van der Waals surface area contributed by atoms with Gasteiger partial charge in [0.2, 0.25) is 0 Å². The van der Waals surface area contributed by atoms with Crippen LogP contribution in [0.3, 0.4) is 0 Å². The fourth-order valence-corrected chi connectivity index (χ4v) is 0.903. The van der Waals surface area contributed by atoms with Crippen LogP contribution in [-0.2, 0) is 11.2 Å². The van der Waals surface area contributed by atoms with Gasteiger partial charge in [0.05, 0.1) is 6.20 Å². The second kappa shape index (κ2) is 9.44. The van der Waals surface area contributed by atoms with Crippen LogP contribution in [0.1, 0.15) is 52.3 Å². The quantitative estimate of drug-likeness (QED) is 0.701. The molecule has 0 spiro atoms. The summed E-state index contributed by atoms with van der Waals surface area (Å²) >= 11 is 0. The second-order valence-corrected chi connectivity index (χ2v) is 3.44. The monoisotopic (exact) mass is 211 g/mol. The Hall–Kier alpha value is -1.12. The Labute approximate surface area is 91.9 Å². The predicted molar refractivity (Wildman–Crippen MR) is 60.7 cm³/mol. The minimum atomic E-state index is 0.255. The van der Waals surface area contributed by atoms with Crippen molar-refractivity contribution in [2.75, 3.05) is 0 Å². The molecule has 0 aliphatic heterocycles. The molecule has 0 unspecified atom stereocenters. The van der Waals surface area contributed by atoms with Crippen molar-refractivity contribution in [1.82, 2.24) is 4.98 Å². The summed E-state index contributed by atoms with van der Waals surface area (Å²) in [6, 6.07) is 0. The highest BCUT2D eigenvalue weighted by molar-refractivity contribution is 5.74. The van der Waals surface area contributed by atoms with E-state index in [4.69, 9.17) is 4.42 Å². The molecule has 1 heterocycles. The number of carbonyl (C=O) groups excluding carboxylic acids is 1. The van der Waals surface area contributed by atoms with Crippen molar-refractivity contribution in [1.29, 1.82) is 0 Å². The number of ketones is 1. The third kappa shape index (κ3) is 9.19. The second-order valence-electron chi connectivity index (χ2n) is 3.44. The van der Waals surface area contributed by atoms with Gasteiger partial charge in [0.1, 0.15) is 12.0 Å². The molecule has 0 amide bonds. The number of oxazole rings is 1. The molecule has 0 fully saturated rings. The molecule has 0 aliphatic rings. The molecule has 0 aliphatic carbocycles. The van der Waals surface area contributed by atoms with Gasteiger partial charge in [-0.3, -0.25) is 0 Å². The van der Waals surface area contributed by atoms with E-state index in [-0.39, 0.29) is 5.78 Å². The average molecular weight is 211 g/mol. The Balaban J connectivity index is 0.000000336. The zero-order chi connectivity index (χ0) is 11.5. The van der Waals surface area contributed by atoms with Crippen LogP contribution in [0, 0.1) is 0 Å². The van der Waals surface area contributed by atoms with Crippen molar-refractivity contribution in [2.24, 2.45) is 0 Å². The third-order valence-corrected chi connectivity index (χ3v) is 1.98. The molecule has 0 N–H and O–H groups in total. The topological polar surface area (TPSA) is 43.1 Å². The molecule has 0 atom stereocenters. The maximum Gasteiger partial charge on any atom is 0.193 e. The number of hydrogen-bond acceptors (Lipinski definition) is 3. The molecular formula is C12H21NO2. The maximum absolute atomic E-state index is 9.81. The minimum absolute atomic E-state index is 0.255. The van der Waals surface area contributed by atoms with E-state index in [1.807, 2.05) is 6.92 Å². The first kappa shape index (κ1) is 13.9. The van der Waals surface area contributed by atoms with Crippen LogP contribution in [0.4, 0.5) is 0 Å². The lowest BCUT2D eigenvalue weighted by atomic mass is 10.2. The molecule has 86 valence electrons. The Kier molecular flexibility index (Phi) is 8.73. The molecule has 1 aromatic heterocycles. The van der Waals surface area contributed by atoms with Gasteiger partial charge < -0.3 is 9.21 Å². The summed E-state index contributed by atoms with van der Waals surface area (Å²) in [5.41, 5.74) is 0. The number of hydrogen-bond donors (Lipinski definition) is 0. The Morgan fingerprint density at radius 3 is 2.47 bits per heavy atom. The Bertz CT molecular complexity index is 242. The van der Waals surface area contributed by atoms with Crippen molar-refractivity contribution >= 4 is 5.78 Å². The minimum Gasteiger partial charge on any atom is -0.449 e. The van der Waals surface area contributed by atoms with Crippen LogP contribution in [-0.4, -0.2) is 10.8 Å². The normalized spacial score (nSPS) is 9.27. The number of aryl methyl sites for hydroxylation is 1. The van der Waals surface area contributed by atoms with Gasteiger partial charge in [0.15, 0.2) is 5.89 Å². The van der Waals surface area contributed by atoms with Gasteiger partial charge in [0, 0.05) is 12.8 Å². The van der Waals surface area contributed by atoms with Crippen molar-refractivity contribution in [3.8, 4) is 0 Å². The first-order valence-electron chi connectivity index (χ1n) is 5.58. The summed E-state index contributed by atoms with van der Waals surface area (Å²) in [4.78, 5) is 13.8. The van der Waals surface area contributed by atoms with Crippen LogP contribution < -0.4 is 0 Å². The highest BCUT2D eigenvalue weighted by Gasteiger charge is 1.94. The molecule has 0 saturated heterocycles. The number of Topliss-reactive ketones (excluding diaryl/α,β-unsaturated/α-hetero) is 1. The van der Waals surface area contributed by atoms with Crippen LogP contribution in [0.25, 0.3) is 0 Å². The fourth-order valence-electron chi connectivity index (χ4n) is 0.903. The number of carbonyl (C=O) groups is 1. The van der Waals surface area contributed by atoms with Gasteiger partial charge >= 0.3 is 0 Å². The summed E-state index contributed by atoms with van der Waals surface area (Å²) in [6.45, 7) is 5.62. The molecule has 3 heteroatoms. The molecule has 1 aromatic rings. The van der Waals surface area contributed by atoms with Gasteiger partial charge in [-0.15, -0.1) is 0 Å². The van der Waals surface area contributed by atoms with E-state index in [1.165, 1.54) is 19.3 Å². The molecular weight excluding hydrogens is 190 g/mol. The summed E-state index contributed by atoms with van der Waals surface area (Å²) in [5.74, 6) is 1.12. The molecule has 0 radical (unpaired) electrons. The zero-order valence-corrected chi connectivity index (χ0v) is 9.95. The largest absolute Gasteiger partial charge is 0.449 e. The average Bonchev–Trinajstić information content (AvgIpc) is 2.72. The first-order valence-corrected chi connectivity index (χ1v) is 5.58. The lowest BCUT2D eigenvalue weighted by Gasteiger charge is -1.91. The van der Waals surface area contributed by atoms with Gasteiger partial charge in [-0.1, -0.05) is 26.7 Å². The van der Waals surface area contributed by atoms with E-state index in [0.29, 0.717) is 6.42 Å². The summed E-state index contributed by atoms with van der Waals surface area (Å²) in [7, 11) is 0. The van der Waals surface area contributed by atoms with Gasteiger partial charge in [-0.05, 0) is 13.3 Å². The highest BCUT2D eigenvalue weighted by Crippen LogP contribution is 2.02. The number of nitrogens with zero attached hydrogens (tertiary/aromatic N) is 1. The number of aromatic nitrogens is 1. The zero-order valence-electron chi connectivity index (χ0n) is 9.95. The van der Waals surface area contributed by atoms with E-state index in [9.17, 15) is 4.79 Å². The van der Waals surface area contributed by atoms with Crippen molar-refractivity contribution < 1.29 is 9.21 Å². The molecule has 0 bridgehead atoms. The van der Waals surface area contributed by atoms with Crippen LogP contribution >= 0.6 is 0 Å². The molecule has 15 heavy (non-hydrogen) atoms. The van der Waals surface area contributed by atoms with Crippen LogP contribution in [0.15, 0.2) is 16.9 Å². The Morgan fingerprint density at radius 2 is 2.07 bits per heavy atom. The Morgan fingerprint density at radius 1 is 1.40 bits per heavy atom. The predicted octanol–water partition coefficient (Wildman–Crippen LogP) is 3.39. The van der Waals surface area contributed by atoms with Gasteiger partial charge in [-0.25, -0.2) is 4.98 Å². The maximum atomic E-state index is 9.81. The van der Waals surface area contributed by atoms with Crippen molar-refractivity contribution in [3.05, 3.63) is 18.4 Å². The smallest absolute Gasteiger partial charge is 0.193 e. The van der Waals surface area contributed by atoms with Gasteiger partial charge in [-0.2, -0.15) is 0 Å². The molecule has 3 nitrogen and oxygen atoms in total. The fraction of sp³-hybridized carbons (Fsp3) is 0.667. The highest BCUT2D eigenvalue weighted by atomic mass is 16.3. The molecule has 1 rings (SSSR count). The van der Waals surface area contributed by atoms with E-state index < -0.39 is 0 Å². The van der Waals surface area contributed by atoms with Gasteiger partial charge in [0.25, 0.3) is 0 Å². The van der Waals surface area contributed by atoms with Crippen molar-refractivity contribution in [2.45, 2.75) is 52.9 Å². The summed E-state index contributed by atoms with van der Waals surface area (Å²) in [6.07, 6.45) is 8.68. The SMILES string of the molecule is CCC(C)=O.CCCCCc1ncco1. The molecule has 0 saturated carbocycles. The standard InChI is InChI=1S/C8H13NO.C4H8O/c1-2-3-4-5-8-9-6-7-10-8;1-3-4(2)5/h6-7H,2-5H2,1H3;3H2,1-2H3. The first-order chi connectivity index (χ1) is 7.20. The van der Waals surface area contributed by atoms with Crippen LogP contribution in [0.2, 0.25) is 0 Å². The number of unbranched alkanes of at least 4 members (excludes halogenated alkanes) is 2. The van der Waals surface area contributed by atoms with E-state index in [1.54, 1.807) is 19.4 Å². The number of rotatable bonds is 5. The van der Waals surface area contributed by atoms with Crippen molar-refractivity contribution in [3.63, 3.8) is 0 Å². The van der Waals surface area contributed by atoms with E-state index in [2.05, 4.69) is 11.9 Å². The summed E-state index contributed by atoms with van der Waals surface area (Å²) < 4.78 is 5.07. The van der Waals surface area contributed by atoms with E-state index >= 15 is 0 Å².